The molecular weight excluding hydrogens is 697 g/mol. The van der Waals surface area contributed by atoms with E-state index in [1.807, 2.05) is 0 Å². The SMILES string of the molecule is CC(C)(c1ccccc1)c1ccc(-c2c3ccccc3c(-c3c4ccccc4c(-c4ccc(C(C)(C)c5ccccc5)cc4)c4ccccc34)c3ccccc23)cc1. The molecule has 0 N–H and O–H groups in total. The van der Waals surface area contributed by atoms with Gasteiger partial charge in [-0.05, 0) is 98.7 Å². The van der Waals surface area contributed by atoms with Crippen LogP contribution in [0.4, 0.5) is 0 Å². The Hall–Kier alpha value is -6.76. The standard InChI is InChI=1S/C58H46/c1-57(2,41-19-7-5-8-20-41)43-35-31-39(32-36-43)53-45-23-11-15-27-49(45)55(50-28-16-12-24-46(50)53)56-51-29-17-13-25-47(51)54(48-26-14-18-30-52(48)56)40-33-37-44(38-34-40)58(3,4)42-21-9-6-10-22-42/h5-38H,1-4H3. The maximum Gasteiger partial charge on any atom is 0.0146 e. The summed E-state index contributed by atoms with van der Waals surface area (Å²) in [5.41, 5.74) is 12.6. The quantitative estimate of drug-likeness (QED) is 0.143. The van der Waals surface area contributed by atoms with Crippen LogP contribution in [0, 0.1) is 0 Å². The zero-order valence-electron chi connectivity index (χ0n) is 33.6. The molecule has 0 heteroatoms. The summed E-state index contributed by atoms with van der Waals surface area (Å²) < 4.78 is 0. The molecule has 0 aliphatic heterocycles. The Morgan fingerprint density at radius 1 is 0.207 bits per heavy atom. The molecule has 10 aromatic carbocycles. The van der Waals surface area contributed by atoms with E-state index in [2.05, 4.69) is 234 Å². The minimum atomic E-state index is -0.108. The van der Waals surface area contributed by atoms with E-state index in [4.69, 9.17) is 0 Å². The van der Waals surface area contributed by atoms with Crippen molar-refractivity contribution in [1.82, 2.24) is 0 Å². The van der Waals surface area contributed by atoms with Gasteiger partial charge in [0.15, 0.2) is 0 Å². The molecule has 0 spiro atoms. The van der Waals surface area contributed by atoms with Crippen LogP contribution in [0.2, 0.25) is 0 Å². The van der Waals surface area contributed by atoms with Crippen LogP contribution in [-0.4, -0.2) is 0 Å². The molecule has 0 amide bonds. The first kappa shape index (κ1) is 35.6. The second kappa shape index (κ2) is 14.0. The van der Waals surface area contributed by atoms with E-state index in [1.54, 1.807) is 0 Å². The zero-order valence-corrected chi connectivity index (χ0v) is 33.6. The van der Waals surface area contributed by atoms with Crippen molar-refractivity contribution in [3.05, 3.63) is 229 Å². The van der Waals surface area contributed by atoms with Gasteiger partial charge in [-0.3, -0.25) is 0 Å². The number of hydrogen-bond acceptors (Lipinski definition) is 0. The average Bonchev–Trinajstić information content (AvgIpc) is 3.28. The predicted molar refractivity (Wildman–Crippen MR) is 250 cm³/mol. The zero-order chi connectivity index (χ0) is 39.4. The monoisotopic (exact) mass is 742 g/mol. The topological polar surface area (TPSA) is 0 Å². The summed E-state index contributed by atoms with van der Waals surface area (Å²) in [6.07, 6.45) is 0. The van der Waals surface area contributed by atoms with Crippen molar-refractivity contribution in [2.45, 2.75) is 38.5 Å². The third kappa shape index (κ3) is 5.74. The molecule has 0 aliphatic rings. The largest absolute Gasteiger partial charge is 0.0622 e. The van der Waals surface area contributed by atoms with Crippen LogP contribution in [0.15, 0.2) is 206 Å². The Kier molecular flexibility index (Phi) is 8.61. The molecule has 0 saturated carbocycles. The first-order chi connectivity index (χ1) is 28.3. The van der Waals surface area contributed by atoms with E-state index < -0.39 is 0 Å². The van der Waals surface area contributed by atoms with Crippen molar-refractivity contribution in [3.8, 4) is 33.4 Å². The van der Waals surface area contributed by atoms with Gasteiger partial charge >= 0.3 is 0 Å². The van der Waals surface area contributed by atoms with Crippen LogP contribution in [0.25, 0.3) is 76.5 Å². The smallest absolute Gasteiger partial charge is 0.0146 e. The lowest BCUT2D eigenvalue weighted by molar-refractivity contribution is 0.641. The van der Waals surface area contributed by atoms with Gasteiger partial charge in [0.05, 0.1) is 0 Å². The second-order valence-electron chi connectivity index (χ2n) is 16.8. The van der Waals surface area contributed by atoms with Crippen LogP contribution in [-0.2, 0) is 10.8 Å². The summed E-state index contributed by atoms with van der Waals surface area (Å²) in [6, 6.07) is 76.5. The first-order valence-corrected chi connectivity index (χ1v) is 20.5. The lowest BCUT2D eigenvalue weighted by atomic mass is 9.77. The molecule has 0 unspecified atom stereocenters. The van der Waals surface area contributed by atoms with Crippen molar-refractivity contribution in [2.24, 2.45) is 0 Å². The lowest BCUT2D eigenvalue weighted by Crippen LogP contribution is -2.18. The predicted octanol–water partition coefficient (Wildman–Crippen LogP) is 16.0. The minimum Gasteiger partial charge on any atom is -0.0622 e. The van der Waals surface area contributed by atoms with Crippen molar-refractivity contribution < 1.29 is 0 Å². The lowest BCUT2D eigenvalue weighted by Gasteiger charge is -2.27. The molecule has 0 saturated heterocycles. The molecule has 0 radical (unpaired) electrons. The van der Waals surface area contributed by atoms with Crippen molar-refractivity contribution in [1.29, 1.82) is 0 Å². The van der Waals surface area contributed by atoms with E-state index in [0.29, 0.717) is 0 Å². The van der Waals surface area contributed by atoms with Crippen molar-refractivity contribution in [2.75, 3.05) is 0 Å². The van der Waals surface area contributed by atoms with Crippen LogP contribution in [0.3, 0.4) is 0 Å². The molecule has 0 nitrogen and oxygen atoms in total. The van der Waals surface area contributed by atoms with E-state index in [-0.39, 0.29) is 10.8 Å². The molecule has 0 bridgehead atoms. The van der Waals surface area contributed by atoms with Gasteiger partial charge in [0.2, 0.25) is 0 Å². The highest BCUT2D eigenvalue weighted by molar-refractivity contribution is 6.29. The van der Waals surface area contributed by atoms with Gasteiger partial charge in [-0.25, -0.2) is 0 Å². The fraction of sp³-hybridized carbons (Fsp3) is 0.103. The molecule has 0 atom stereocenters. The molecule has 58 heavy (non-hydrogen) atoms. The summed E-state index contributed by atoms with van der Waals surface area (Å²) in [7, 11) is 0. The highest BCUT2D eigenvalue weighted by Crippen LogP contribution is 2.50. The molecule has 0 heterocycles. The Labute approximate surface area is 342 Å². The maximum atomic E-state index is 2.33. The molecule has 0 aliphatic carbocycles. The maximum absolute atomic E-state index is 2.33. The van der Waals surface area contributed by atoms with Gasteiger partial charge in [-0.1, -0.05) is 234 Å². The first-order valence-electron chi connectivity index (χ1n) is 20.5. The summed E-state index contributed by atoms with van der Waals surface area (Å²) >= 11 is 0. The summed E-state index contributed by atoms with van der Waals surface area (Å²) in [6.45, 7) is 9.27. The third-order valence-electron chi connectivity index (χ3n) is 12.9. The summed E-state index contributed by atoms with van der Waals surface area (Å²) in [5, 5.41) is 10.1. The second-order valence-corrected chi connectivity index (χ2v) is 16.8. The van der Waals surface area contributed by atoms with Gasteiger partial charge in [-0.2, -0.15) is 0 Å². The summed E-state index contributed by atoms with van der Waals surface area (Å²) in [5.74, 6) is 0. The van der Waals surface area contributed by atoms with Gasteiger partial charge in [0.1, 0.15) is 0 Å². The van der Waals surface area contributed by atoms with E-state index >= 15 is 0 Å². The highest BCUT2D eigenvalue weighted by Gasteiger charge is 2.26. The minimum absolute atomic E-state index is 0.108. The molecule has 0 aromatic heterocycles. The Morgan fingerprint density at radius 2 is 0.414 bits per heavy atom. The Bertz CT molecular complexity index is 2780. The number of rotatable bonds is 7. The average molecular weight is 743 g/mol. The summed E-state index contributed by atoms with van der Waals surface area (Å²) in [4.78, 5) is 0. The van der Waals surface area contributed by atoms with Gasteiger partial charge in [-0.15, -0.1) is 0 Å². The van der Waals surface area contributed by atoms with Crippen molar-refractivity contribution in [3.63, 3.8) is 0 Å². The van der Waals surface area contributed by atoms with Crippen LogP contribution >= 0.6 is 0 Å². The Balaban J connectivity index is 1.19. The molecule has 10 aromatic rings. The van der Waals surface area contributed by atoms with E-state index in [9.17, 15) is 0 Å². The van der Waals surface area contributed by atoms with E-state index in [1.165, 1.54) is 98.7 Å². The Morgan fingerprint density at radius 3 is 0.672 bits per heavy atom. The highest BCUT2D eigenvalue weighted by atomic mass is 14.3. The molecule has 278 valence electrons. The van der Waals surface area contributed by atoms with Gasteiger partial charge in [0, 0.05) is 10.8 Å². The third-order valence-corrected chi connectivity index (χ3v) is 12.9. The number of benzene rings is 10. The van der Waals surface area contributed by atoms with E-state index in [0.717, 1.165) is 0 Å². The fourth-order valence-electron chi connectivity index (χ4n) is 9.57. The van der Waals surface area contributed by atoms with Crippen LogP contribution in [0.5, 0.6) is 0 Å². The van der Waals surface area contributed by atoms with Crippen molar-refractivity contribution >= 4 is 43.1 Å². The van der Waals surface area contributed by atoms with Gasteiger partial charge < -0.3 is 0 Å². The molecule has 0 fully saturated rings. The molecular formula is C58H46. The van der Waals surface area contributed by atoms with Crippen LogP contribution < -0.4 is 0 Å². The normalized spacial score (nSPS) is 12.1. The number of hydrogen-bond donors (Lipinski definition) is 0. The fourth-order valence-corrected chi connectivity index (χ4v) is 9.57. The van der Waals surface area contributed by atoms with Crippen LogP contribution in [0.1, 0.15) is 49.9 Å². The molecule has 10 rings (SSSR count). The number of fused-ring (bicyclic) bond motifs is 4. The van der Waals surface area contributed by atoms with Gasteiger partial charge in [0.25, 0.3) is 0 Å².